The zero-order valence-corrected chi connectivity index (χ0v) is 12.3. The number of hydrogen-bond acceptors (Lipinski definition) is 5. The number of nitrogens with two attached hydrogens (primary N) is 1. The van der Waals surface area contributed by atoms with Crippen LogP contribution in [0.4, 0.5) is 22.9 Å². The molecule has 5 nitrogen and oxygen atoms in total. The molecule has 0 fully saturated rings. The van der Waals surface area contributed by atoms with Crippen LogP contribution < -0.4 is 16.0 Å². The van der Waals surface area contributed by atoms with Gasteiger partial charge in [-0.2, -0.15) is 5.26 Å². The number of nitrogens with zero attached hydrogens (tertiary/aromatic N) is 3. The van der Waals surface area contributed by atoms with E-state index >= 15 is 0 Å². The van der Waals surface area contributed by atoms with Crippen LogP contribution in [0.2, 0.25) is 0 Å². The van der Waals surface area contributed by atoms with Crippen molar-refractivity contribution in [2.24, 2.45) is 0 Å². The normalized spacial score (nSPS) is 9.95. The van der Waals surface area contributed by atoms with E-state index in [-0.39, 0.29) is 0 Å². The van der Waals surface area contributed by atoms with E-state index in [1.807, 2.05) is 12.1 Å². The predicted molar refractivity (Wildman–Crippen MR) is 86.7 cm³/mol. The second-order valence-corrected chi connectivity index (χ2v) is 4.62. The van der Waals surface area contributed by atoms with Gasteiger partial charge in [0.05, 0.1) is 17.4 Å². The lowest BCUT2D eigenvalue weighted by atomic mass is 10.2. The number of nitriles is 1. The van der Waals surface area contributed by atoms with E-state index in [1.54, 1.807) is 6.07 Å². The first kappa shape index (κ1) is 14.7. The van der Waals surface area contributed by atoms with Crippen molar-refractivity contribution in [1.82, 2.24) is 4.98 Å². The fourth-order valence-corrected chi connectivity index (χ4v) is 2.15. The maximum Gasteiger partial charge on any atom is 0.148 e. The van der Waals surface area contributed by atoms with Crippen molar-refractivity contribution in [2.75, 3.05) is 29.0 Å². The lowest BCUT2D eigenvalue weighted by Gasteiger charge is -2.21. The van der Waals surface area contributed by atoms with E-state index in [1.165, 1.54) is 11.9 Å². The summed E-state index contributed by atoms with van der Waals surface area (Å²) in [7, 11) is 0. The van der Waals surface area contributed by atoms with E-state index < -0.39 is 0 Å². The molecule has 108 valence electrons. The number of anilines is 4. The molecule has 0 aliphatic heterocycles. The van der Waals surface area contributed by atoms with E-state index in [4.69, 9.17) is 11.0 Å². The molecule has 21 heavy (non-hydrogen) atoms. The zero-order valence-electron chi connectivity index (χ0n) is 12.3. The molecule has 0 amide bonds. The molecule has 1 aromatic heterocycles. The predicted octanol–water partition coefficient (Wildman–Crippen LogP) is 3.13. The Morgan fingerprint density at radius 2 is 1.90 bits per heavy atom. The first-order valence-corrected chi connectivity index (χ1v) is 6.95. The molecule has 0 aliphatic rings. The van der Waals surface area contributed by atoms with Gasteiger partial charge < -0.3 is 16.0 Å². The highest BCUT2D eigenvalue weighted by atomic mass is 15.1. The van der Waals surface area contributed by atoms with Gasteiger partial charge in [0.25, 0.3) is 0 Å². The van der Waals surface area contributed by atoms with Crippen LogP contribution >= 0.6 is 0 Å². The van der Waals surface area contributed by atoms with Crippen LogP contribution in [0.1, 0.15) is 19.4 Å². The summed E-state index contributed by atoms with van der Waals surface area (Å²) in [4.78, 5) is 6.43. The van der Waals surface area contributed by atoms with E-state index in [2.05, 4.69) is 47.3 Å². The smallest absolute Gasteiger partial charge is 0.148 e. The largest absolute Gasteiger partial charge is 0.397 e. The van der Waals surface area contributed by atoms with Crippen LogP contribution in [0, 0.1) is 11.3 Å². The second kappa shape index (κ2) is 6.62. The van der Waals surface area contributed by atoms with Gasteiger partial charge in [-0.15, -0.1) is 0 Å². The Balaban J connectivity index is 2.19. The summed E-state index contributed by atoms with van der Waals surface area (Å²) in [5, 5.41) is 12.3. The maximum absolute atomic E-state index is 9.11. The van der Waals surface area contributed by atoms with Crippen LogP contribution in [-0.4, -0.2) is 18.1 Å². The van der Waals surface area contributed by atoms with Crippen molar-refractivity contribution in [3.05, 3.63) is 42.1 Å². The fourth-order valence-electron chi connectivity index (χ4n) is 2.15. The molecule has 0 radical (unpaired) electrons. The molecule has 1 aromatic carbocycles. The second-order valence-electron chi connectivity index (χ2n) is 4.62. The van der Waals surface area contributed by atoms with Gasteiger partial charge in [0, 0.05) is 24.5 Å². The first-order valence-electron chi connectivity index (χ1n) is 6.95. The molecular formula is C16H19N5. The third-order valence-electron chi connectivity index (χ3n) is 3.29. The van der Waals surface area contributed by atoms with Crippen molar-refractivity contribution < 1.29 is 0 Å². The Bertz CT molecular complexity index is 639. The molecule has 3 N–H and O–H groups in total. The highest BCUT2D eigenvalue weighted by Gasteiger charge is 2.06. The van der Waals surface area contributed by atoms with Crippen LogP contribution in [0.25, 0.3) is 0 Å². The number of benzene rings is 1. The molecule has 0 saturated heterocycles. The monoisotopic (exact) mass is 281 g/mol. The quantitative estimate of drug-likeness (QED) is 0.880. The summed E-state index contributed by atoms with van der Waals surface area (Å²) in [6.45, 7) is 6.21. The summed E-state index contributed by atoms with van der Waals surface area (Å²) in [5.41, 5.74) is 8.61. The minimum absolute atomic E-state index is 0.433. The summed E-state index contributed by atoms with van der Waals surface area (Å²) in [5.74, 6) is 0.516. The van der Waals surface area contributed by atoms with Crippen molar-refractivity contribution in [2.45, 2.75) is 13.8 Å². The molecule has 2 rings (SSSR count). The maximum atomic E-state index is 9.11. The van der Waals surface area contributed by atoms with Gasteiger partial charge in [-0.1, -0.05) is 0 Å². The van der Waals surface area contributed by atoms with E-state index in [0.29, 0.717) is 17.1 Å². The topological polar surface area (TPSA) is 78.0 Å². The molecule has 0 spiro atoms. The van der Waals surface area contributed by atoms with Gasteiger partial charge in [-0.25, -0.2) is 4.98 Å². The van der Waals surface area contributed by atoms with E-state index in [0.717, 1.165) is 18.8 Å². The van der Waals surface area contributed by atoms with Crippen LogP contribution in [0.5, 0.6) is 0 Å². The van der Waals surface area contributed by atoms with Crippen molar-refractivity contribution >= 4 is 22.9 Å². The highest BCUT2D eigenvalue weighted by Crippen LogP contribution is 2.22. The number of rotatable bonds is 5. The SMILES string of the molecule is CCN(CC)c1ccc(Nc2ncc(N)cc2C#N)cc1. The van der Waals surface area contributed by atoms with E-state index in [9.17, 15) is 0 Å². The molecule has 0 unspecified atom stereocenters. The number of nitrogen functional groups attached to an aromatic ring is 1. The van der Waals surface area contributed by atoms with Gasteiger partial charge >= 0.3 is 0 Å². The summed E-state index contributed by atoms with van der Waals surface area (Å²) < 4.78 is 0. The van der Waals surface area contributed by atoms with Gasteiger partial charge in [-0.3, -0.25) is 0 Å². The Hall–Kier alpha value is -2.74. The minimum Gasteiger partial charge on any atom is -0.397 e. The molecule has 1 heterocycles. The van der Waals surface area contributed by atoms with Crippen LogP contribution in [-0.2, 0) is 0 Å². The number of pyridine rings is 1. The van der Waals surface area contributed by atoms with Gasteiger partial charge in [0.2, 0.25) is 0 Å². The number of aromatic nitrogens is 1. The van der Waals surface area contributed by atoms with Gasteiger partial charge in [0.15, 0.2) is 0 Å². The Morgan fingerprint density at radius 1 is 1.24 bits per heavy atom. The third kappa shape index (κ3) is 3.42. The zero-order chi connectivity index (χ0) is 15.2. The van der Waals surface area contributed by atoms with Crippen molar-refractivity contribution in [3.63, 3.8) is 0 Å². The number of nitrogens with one attached hydrogen (secondary N) is 1. The Labute approximate surface area is 125 Å². The third-order valence-corrected chi connectivity index (χ3v) is 3.29. The summed E-state index contributed by atoms with van der Waals surface area (Å²) in [6, 6.07) is 11.8. The molecule has 0 aliphatic carbocycles. The molecule has 0 atom stereocenters. The van der Waals surface area contributed by atoms with Gasteiger partial charge in [0.1, 0.15) is 11.9 Å². The highest BCUT2D eigenvalue weighted by molar-refractivity contribution is 5.66. The summed E-state index contributed by atoms with van der Waals surface area (Å²) >= 11 is 0. The Morgan fingerprint density at radius 3 is 2.48 bits per heavy atom. The lowest BCUT2D eigenvalue weighted by molar-refractivity contribution is 0.866. The molecule has 0 bridgehead atoms. The molecule has 2 aromatic rings. The standard InChI is InChI=1S/C16H19N5/c1-3-21(4-2)15-7-5-14(6-8-15)20-16-12(10-17)9-13(18)11-19-16/h5-9,11H,3-4,18H2,1-2H3,(H,19,20). The first-order chi connectivity index (χ1) is 10.2. The van der Waals surface area contributed by atoms with Crippen molar-refractivity contribution in [3.8, 4) is 6.07 Å². The van der Waals surface area contributed by atoms with Gasteiger partial charge in [-0.05, 0) is 44.2 Å². The lowest BCUT2D eigenvalue weighted by Crippen LogP contribution is -2.21. The van der Waals surface area contributed by atoms with Crippen molar-refractivity contribution in [1.29, 1.82) is 5.26 Å². The average Bonchev–Trinajstić information content (AvgIpc) is 2.52. The van der Waals surface area contributed by atoms with Crippen LogP contribution in [0.3, 0.4) is 0 Å². The molecule has 5 heteroatoms. The minimum atomic E-state index is 0.433. The number of hydrogen-bond donors (Lipinski definition) is 2. The Kier molecular flexibility index (Phi) is 4.62. The molecular weight excluding hydrogens is 262 g/mol. The molecule has 0 saturated carbocycles. The van der Waals surface area contributed by atoms with Crippen LogP contribution in [0.15, 0.2) is 36.5 Å². The average molecular weight is 281 g/mol. The fraction of sp³-hybridized carbons (Fsp3) is 0.250. The summed E-state index contributed by atoms with van der Waals surface area (Å²) in [6.07, 6.45) is 1.54.